The molecule has 2 aliphatic carbocycles. The number of rotatable bonds is 5. The van der Waals surface area contributed by atoms with Gasteiger partial charge in [0.1, 0.15) is 6.17 Å². The standard InChI is InChI=1S/C33H29FN2O/c1-20-10-14-24(15-11-20)35-28-18-19-29(36-25-16-12-22(13-17-25)21(2)34)32-31(28)30(23-6-5-7-23)26-8-3-4-9-27(26)33(32)37/h3-4,8-19,21,35-36H,5-7H2,1-2H3. The van der Waals surface area contributed by atoms with Crippen LogP contribution in [0.15, 0.2) is 90.5 Å². The number of ketones is 1. The molecular formula is C33H29FN2O. The van der Waals surface area contributed by atoms with E-state index in [4.69, 9.17) is 0 Å². The molecule has 6 rings (SSSR count). The highest BCUT2D eigenvalue weighted by Crippen LogP contribution is 2.48. The number of alkyl halides is 1. The normalized spacial score (nSPS) is 14.9. The maximum atomic E-state index is 14.0. The zero-order valence-corrected chi connectivity index (χ0v) is 21.1. The number of allylic oxidation sites excluding steroid dienone is 1. The SMILES string of the molecule is Cc1ccc(Nc2ccc(Nc3ccc(C(C)F)cc3)c3c2C(=C2CCC2)c2ccccc2C3=O)cc1. The zero-order valence-electron chi connectivity index (χ0n) is 21.1. The molecule has 4 aromatic carbocycles. The fourth-order valence-corrected chi connectivity index (χ4v) is 5.23. The van der Waals surface area contributed by atoms with Gasteiger partial charge in [0.2, 0.25) is 0 Å². The van der Waals surface area contributed by atoms with E-state index >= 15 is 0 Å². The number of halogens is 1. The molecular weight excluding hydrogens is 459 g/mol. The average Bonchev–Trinajstić information content (AvgIpc) is 2.88. The first-order chi connectivity index (χ1) is 18.0. The molecule has 4 heteroatoms. The second-order valence-electron chi connectivity index (χ2n) is 9.97. The molecule has 0 spiro atoms. The summed E-state index contributed by atoms with van der Waals surface area (Å²) in [4.78, 5) is 14.0. The summed E-state index contributed by atoms with van der Waals surface area (Å²) in [5, 5.41) is 7.06. The molecule has 2 aliphatic rings. The molecule has 0 radical (unpaired) electrons. The van der Waals surface area contributed by atoms with Gasteiger partial charge in [0.25, 0.3) is 0 Å². The van der Waals surface area contributed by atoms with Crippen molar-refractivity contribution in [2.24, 2.45) is 0 Å². The van der Waals surface area contributed by atoms with E-state index in [1.54, 1.807) is 12.1 Å². The molecule has 0 aromatic heterocycles. The van der Waals surface area contributed by atoms with Gasteiger partial charge in [0.05, 0.1) is 11.3 Å². The van der Waals surface area contributed by atoms with Crippen molar-refractivity contribution in [2.75, 3.05) is 10.6 Å². The van der Waals surface area contributed by atoms with Crippen molar-refractivity contribution < 1.29 is 9.18 Å². The van der Waals surface area contributed by atoms with E-state index in [9.17, 15) is 9.18 Å². The minimum atomic E-state index is -1.02. The highest BCUT2D eigenvalue weighted by Gasteiger charge is 2.34. The maximum absolute atomic E-state index is 14.0. The molecule has 1 fully saturated rings. The third-order valence-corrected chi connectivity index (χ3v) is 7.41. The Morgan fingerprint density at radius 3 is 1.86 bits per heavy atom. The summed E-state index contributed by atoms with van der Waals surface area (Å²) in [6.45, 7) is 3.60. The fourth-order valence-electron chi connectivity index (χ4n) is 5.23. The molecule has 0 aliphatic heterocycles. The number of fused-ring (bicyclic) bond motifs is 2. The highest BCUT2D eigenvalue weighted by molar-refractivity contribution is 6.23. The summed E-state index contributed by atoms with van der Waals surface area (Å²) >= 11 is 0. The van der Waals surface area contributed by atoms with Gasteiger partial charge in [-0.25, -0.2) is 4.39 Å². The van der Waals surface area contributed by atoms with E-state index in [1.165, 1.54) is 30.1 Å². The Labute approximate surface area is 217 Å². The van der Waals surface area contributed by atoms with Crippen LogP contribution in [-0.2, 0) is 0 Å². The first-order valence-corrected chi connectivity index (χ1v) is 12.9. The molecule has 0 saturated heterocycles. The lowest BCUT2D eigenvalue weighted by molar-refractivity contribution is 0.103. The molecule has 4 aromatic rings. The quantitative estimate of drug-likeness (QED) is 0.259. The predicted octanol–water partition coefficient (Wildman–Crippen LogP) is 9.04. The highest BCUT2D eigenvalue weighted by atomic mass is 19.1. The number of anilines is 4. The van der Waals surface area contributed by atoms with Crippen LogP contribution in [0.2, 0.25) is 0 Å². The molecule has 0 heterocycles. The van der Waals surface area contributed by atoms with Crippen molar-refractivity contribution in [3.8, 4) is 0 Å². The summed E-state index contributed by atoms with van der Waals surface area (Å²) in [6.07, 6.45) is 2.23. The van der Waals surface area contributed by atoms with Crippen LogP contribution in [0.4, 0.5) is 27.1 Å². The lowest BCUT2D eigenvalue weighted by Crippen LogP contribution is -2.20. The van der Waals surface area contributed by atoms with E-state index in [-0.39, 0.29) is 5.78 Å². The van der Waals surface area contributed by atoms with Crippen molar-refractivity contribution in [1.29, 1.82) is 0 Å². The van der Waals surface area contributed by atoms with Crippen LogP contribution in [0, 0.1) is 6.92 Å². The number of hydrogen-bond acceptors (Lipinski definition) is 3. The molecule has 1 saturated carbocycles. The van der Waals surface area contributed by atoms with Gasteiger partial charge in [-0.05, 0) is 86.2 Å². The van der Waals surface area contributed by atoms with Crippen molar-refractivity contribution >= 4 is 34.1 Å². The maximum Gasteiger partial charge on any atom is 0.196 e. The molecule has 184 valence electrons. The van der Waals surface area contributed by atoms with Gasteiger partial charge in [-0.1, -0.05) is 59.7 Å². The zero-order chi connectivity index (χ0) is 25.5. The van der Waals surface area contributed by atoms with Crippen molar-refractivity contribution in [3.05, 3.63) is 124 Å². The largest absolute Gasteiger partial charge is 0.355 e. The first kappa shape index (κ1) is 23.2. The Bertz CT molecular complexity index is 1530. The molecule has 1 unspecified atom stereocenters. The van der Waals surface area contributed by atoms with Crippen LogP contribution in [-0.4, -0.2) is 5.78 Å². The van der Waals surface area contributed by atoms with E-state index < -0.39 is 6.17 Å². The summed E-state index contributed by atoms with van der Waals surface area (Å²) in [5.74, 6) is 0.0123. The van der Waals surface area contributed by atoms with Gasteiger partial charge in [-0.2, -0.15) is 0 Å². The monoisotopic (exact) mass is 488 g/mol. The second-order valence-corrected chi connectivity index (χ2v) is 9.97. The third kappa shape index (κ3) is 4.23. The van der Waals surface area contributed by atoms with Gasteiger partial charge < -0.3 is 10.6 Å². The predicted molar refractivity (Wildman–Crippen MR) is 150 cm³/mol. The molecule has 0 bridgehead atoms. The second kappa shape index (κ2) is 9.36. The molecule has 37 heavy (non-hydrogen) atoms. The van der Waals surface area contributed by atoms with Crippen LogP contribution < -0.4 is 10.6 Å². The van der Waals surface area contributed by atoms with E-state index in [0.717, 1.165) is 52.3 Å². The van der Waals surface area contributed by atoms with Crippen LogP contribution in [0.5, 0.6) is 0 Å². The minimum absolute atomic E-state index is 0.0123. The number of benzene rings is 4. The first-order valence-electron chi connectivity index (χ1n) is 12.9. The van der Waals surface area contributed by atoms with Gasteiger partial charge in [0, 0.05) is 28.2 Å². The van der Waals surface area contributed by atoms with Crippen molar-refractivity contribution in [3.63, 3.8) is 0 Å². The van der Waals surface area contributed by atoms with Crippen LogP contribution in [0.1, 0.15) is 70.5 Å². The molecule has 1 atom stereocenters. The number of carbonyl (C=O) groups excluding carboxylic acids is 1. The average molecular weight is 489 g/mol. The Kier molecular flexibility index (Phi) is 5.88. The Morgan fingerprint density at radius 1 is 0.730 bits per heavy atom. The molecule has 3 nitrogen and oxygen atoms in total. The number of hydrogen-bond donors (Lipinski definition) is 2. The smallest absolute Gasteiger partial charge is 0.196 e. The molecule has 2 N–H and O–H groups in total. The lowest BCUT2D eigenvalue weighted by Gasteiger charge is -2.31. The number of carbonyl (C=O) groups is 1. The Balaban J connectivity index is 1.53. The van der Waals surface area contributed by atoms with E-state index in [1.807, 2.05) is 36.4 Å². The van der Waals surface area contributed by atoms with Crippen LogP contribution in [0.3, 0.4) is 0 Å². The van der Waals surface area contributed by atoms with Gasteiger partial charge >= 0.3 is 0 Å². The van der Waals surface area contributed by atoms with E-state index in [2.05, 4.69) is 54.0 Å². The number of nitrogens with one attached hydrogen (secondary N) is 2. The Morgan fingerprint density at radius 2 is 1.30 bits per heavy atom. The fraction of sp³-hybridized carbons (Fsp3) is 0.182. The third-order valence-electron chi connectivity index (χ3n) is 7.41. The minimum Gasteiger partial charge on any atom is -0.355 e. The Hall–Kier alpha value is -4.18. The van der Waals surface area contributed by atoms with Crippen molar-refractivity contribution in [2.45, 2.75) is 39.3 Å². The lowest BCUT2D eigenvalue weighted by atomic mass is 9.74. The van der Waals surface area contributed by atoms with Crippen LogP contribution >= 0.6 is 0 Å². The summed E-state index contributed by atoms with van der Waals surface area (Å²) < 4.78 is 13.7. The van der Waals surface area contributed by atoms with Gasteiger partial charge in [0.15, 0.2) is 5.78 Å². The van der Waals surface area contributed by atoms with Crippen LogP contribution in [0.25, 0.3) is 5.57 Å². The summed E-state index contributed by atoms with van der Waals surface area (Å²) in [5.41, 5.74) is 11.2. The van der Waals surface area contributed by atoms with Gasteiger partial charge in [-0.15, -0.1) is 0 Å². The molecule has 0 amide bonds. The summed E-state index contributed by atoms with van der Waals surface area (Å²) in [6, 6.07) is 27.6. The van der Waals surface area contributed by atoms with Gasteiger partial charge in [-0.3, -0.25) is 4.79 Å². The number of aryl methyl sites for hydroxylation is 1. The summed E-state index contributed by atoms with van der Waals surface area (Å²) in [7, 11) is 0. The van der Waals surface area contributed by atoms with E-state index in [0.29, 0.717) is 11.1 Å². The topological polar surface area (TPSA) is 41.1 Å². The van der Waals surface area contributed by atoms with Crippen molar-refractivity contribution in [1.82, 2.24) is 0 Å².